The Kier molecular flexibility index (Phi) is 5.36. The monoisotopic (exact) mass is 314 g/mol. The highest BCUT2D eigenvalue weighted by Crippen LogP contribution is 2.34. The van der Waals surface area contributed by atoms with Gasteiger partial charge in [-0.15, -0.1) is 0 Å². The quantitative estimate of drug-likeness (QED) is 0.801. The number of rotatable bonds is 6. The van der Waals surface area contributed by atoms with Crippen molar-refractivity contribution in [1.29, 1.82) is 0 Å². The van der Waals surface area contributed by atoms with Gasteiger partial charge in [-0.25, -0.2) is 0 Å². The fourth-order valence-corrected chi connectivity index (χ4v) is 2.37. The number of anilines is 1. The molecule has 5 nitrogen and oxygen atoms in total. The van der Waals surface area contributed by atoms with Gasteiger partial charge in [-0.2, -0.15) is 0 Å². The van der Waals surface area contributed by atoms with Crippen LogP contribution in [0, 0.1) is 0 Å². The van der Waals surface area contributed by atoms with Crippen LogP contribution in [0.2, 0.25) is 0 Å². The summed E-state index contributed by atoms with van der Waals surface area (Å²) in [5, 5.41) is 0. The van der Waals surface area contributed by atoms with Gasteiger partial charge in [0.2, 0.25) is 0 Å². The van der Waals surface area contributed by atoms with Gasteiger partial charge in [-0.3, -0.25) is 0 Å². The molecule has 2 aromatic carbocycles. The van der Waals surface area contributed by atoms with Gasteiger partial charge in [0.05, 0.1) is 26.5 Å². The minimum Gasteiger partial charge on any atom is -0.495 e. The molecule has 0 saturated heterocycles. The maximum atomic E-state index is 5.99. The van der Waals surface area contributed by atoms with Crippen molar-refractivity contribution in [2.24, 2.45) is 5.73 Å². The number of nitrogens with two attached hydrogens (primary N) is 2. The second-order valence-electron chi connectivity index (χ2n) is 4.84. The molecule has 0 aliphatic rings. The van der Waals surface area contributed by atoms with E-state index in [2.05, 4.69) is 0 Å². The van der Waals surface area contributed by atoms with E-state index in [-0.39, 0.29) is 0 Å². The number of hydrogen-bond acceptors (Lipinski definition) is 5. The Balaban J connectivity index is 2.45. The number of hydrogen-bond donors (Lipinski definition) is 2. The molecule has 0 heterocycles. The third-order valence-corrected chi connectivity index (χ3v) is 3.48. The zero-order valence-electron chi connectivity index (χ0n) is 13.6. The summed E-state index contributed by atoms with van der Waals surface area (Å²) in [4.78, 5) is 0. The molecule has 2 rings (SSSR count). The van der Waals surface area contributed by atoms with E-state index in [0.29, 0.717) is 29.5 Å². The standard InChI is InChI=1S/C18H22N2O3/c1-4-23-18-10-13(6-8-17(18)22-3)14(11-19)12-5-7-16(21-2)15(20)9-12/h5-11H,4,19-20H2,1-3H3. The summed E-state index contributed by atoms with van der Waals surface area (Å²) in [5.41, 5.74) is 15.1. The highest BCUT2D eigenvalue weighted by atomic mass is 16.5. The first-order valence-electron chi connectivity index (χ1n) is 7.31. The van der Waals surface area contributed by atoms with Crippen molar-refractivity contribution in [1.82, 2.24) is 0 Å². The summed E-state index contributed by atoms with van der Waals surface area (Å²) < 4.78 is 16.1. The molecule has 2 aromatic rings. The lowest BCUT2D eigenvalue weighted by molar-refractivity contribution is 0.311. The summed E-state index contributed by atoms with van der Waals surface area (Å²) in [5.74, 6) is 1.99. The van der Waals surface area contributed by atoms with E-state index in [4.69, 9.17) is 25.7 Å². The Morgan fingerprint density at radius 1 is 0.957 bits per heavy atom. The van der Waals surface area contributed by atoms with Crippen molar-refractivity contribution in [3.63, 3.8) is 0 Å². The van der Waals surface area contributed by atoms with Crippen molar-refractivity contribution < 1.29 is 14.2 Å². The van der Waals surface area contributed by atoms with Crippen molar-refractivity contribution in [2.75, 3.05) is 26.6 Å². The van der Waals surface area contributed by atoms with Crippen LogP contribution in [0.5, 0.6) is 17.2 Å². The molecular formula is C18H22N2O3. The molecule has 0 radical (unpaired) electrons. The topological polar surface area (TPSA) is 79.7 Å². The number of nitrogen functional groups attached to an aromatic ring is 1. The first-order valence-corrected chi connectivity index (χ1v) is 7.31. The highest BCUT2D eigenvalue weighted by molar-refractivity contribution is 5.82. The van der Waals surface area contributed by atoms with Crippen LogP contribution in [0.3, 0.4) is 0 Å². The molecule has 0 unspecified atom stereocenters. The predicted molar refractivity (Wildman–Crippen MR) is 92.8 cm³/mol. The molecule has 0 aliphatic heterocycles. The minimum atomic E-state index is 0.553. The molecular weight excluding hydrogens is 292 g/mol. The van der Waals surface area contributed by atoms with E-state index in [1.807, 2.05) is 43.3 Å². The summed E-state index contributed by atoms with van der Waals surface area (Å²) >= 11 is 0. The first kappa shape index (κ1) is 16.5. The summed E-state index contributed by atoms with van der Waals surface area (Å²) in [7, 11) is 3.20. The second-order valence-corrected chi connectivity index (χ2v) is 4.84. The zero-order valence-corrected chi connectivity index (χ0v) is 13.6. The van der Waals surface area contributed by atoms with Crippen LogP contribution in [0.15, 0.2) is 42.6 Å². The van der Waals surface area contributed by atoms with Gasteiger partial charge in [-0.1, -0.05) is 12.1 Å². The van der Waals surface area contributed by atoms with Gasteiger partial charge in [-0.05, 0) is 42.3 Å². The maximum absolute atomic E-state index is 5.99. The van der Waals surface area contributed by atoms with Gasteiger partial charge in [0.1, 0.15) is 5.75 Å². The van der Waals surface area contributed by atoms with E-state index in [9.17, 15) is 0 Å². The average molecular weight is 314 g/mol. The van der Waals surface area contributed by atoms with E-state index in [1.165, 1.54) is 0 Å². The van der Waals surface area contributed by atoms with Crippen molar-refractivity contribution in [3.8, 4) is 17.2 Å². The van der Waals surface area contributed by atoms with Crippen LogP contribution < -0.4 is 25.7 Å². The van der Waals surface area contributed by atoms with Gasteiger partial charge < -0.3 is 25.7 Å². The molecule has 0 aliphatic carbocycles. The molecule has 23 heavy (non-hydrogen) atoms. The Hall–Kier alpha value is -2.82. The molecule has 0 atom stereocenters. The van der Waals surface area contributed by atoms with Crippen LogP contribution in [-0.4, -0.2) is 20.8 Å². The molecule has 0 spiro atoms. The van der Waals surface area contributed by atoms with Crippen molar-refractivity contribution in [3.05, 3.63) is 53.7 Å². The molecule has 5 heteroatoms. The largest absolute Gasteiger partial charge is 0.495 e. The normalized spacial score (nSPS) is 11.2. The number of ether oxygens (including phenoxy) is 3. The Morgan fingerprint density at radius 3 is 2.09 bits per heavy atom. The van der Waals surface area contributed by atoms with E-state index in [0.717, 1.165) is 16.7 Å². The first-order chi connectivity index (χ1) is 11.1. The zero-order chi connectivity index (χ0) is 16.8. The van der Waals surface area contributed by atoms with E-state index in [1.54, 1.807) is 20.4 Å². The molecule has 4 N–H and O–H groups in total. The van der Waals surface area contributed by atoms with Crippen LogP contribution in [0.1, 0.15) is 18.1 Å². The Morgan fingerprint density at radius 2 is 1.57 bits per heavy atom. The second kappa shape index (κ2) is 7.45. The molecule has 0 aromatic heterocycles. The lowest BCUT2D eigenvalue weighted by Crippen LogP contribution is -1.99. The highest BCUT2D eigenvalue weighted by Gasteiger charge is 2.11. The smallest absolute Gasteiger partial charge is 0.161 e. The lowest BCUT2D eigenvalue weighted by Gasteiger charge is -2.14. The summed E-state index contributed by atoms with van der Waals surface area (Å²) in [6.45, 7) is 2.48. The fraction of sp³-hybridized carbons (Fsp3) is 0.222. The Bertz CT molecular complexity index is 711. The van der Waals surface area contributed by atoms with E-state index >= 15 is 0 Å². The number of benzene rings is 2. The van der Waals surface area contributed by atoms with E-state index < -0.39 is 0 Å². The van der Waals surface area contributed by atoms with Crippen molar-refractivity contribution >= 4 is 11.3 Å². The molecule has 0 saturated carbocycles. The lowest BCUT2D eigenvalue weighted by atomic mass is 9.98. The average Bonchev–Trinajstić information content (AvgIpc) is 2.56. The third-order valence-electron chi connectivity index (χ3n) is 3.48. The molecule has 0 amide bonds. The summed E-state index contributed by atoms with van der Waals surface area (Å²) in [6.07, 6.45) is 1.55. The van der Waals surface area contributed by atoms with Crippen LogP contribution >= 0.6 is 0 Å². The maximum Gasteiger partial charge on any atom is 0.161 e. The molecule has 0 fully saturated rings. The SMILES string of the molecule is CCOc1cc(C(=CN)c2ccc(OC)c(N)c2)ccc1OC. The van der Waals surface area contributed by atoms with Gasteiger partial charge in [0, 0.05) is 11.8 Å². The molecule has 0 bridgehead atoms. The predicted octanol–water partition coefficient (Wildman–Crippen LogP) is 3.03. The van der Waals surface area contributed by atoms with Gasteiger partial charge in [0.25, 0.3) is 0 Å². The van der Waals surface area contributed by atoms with Crippen LogP contribution in [-0.2, 0) is 0 Å². The Labute approximate surface area is 136 Å². The fourth-order valence-electron chi connectivity index (χ4n) is 2.37. The number of methoxy groups -OCH3 is 2. The van der Waals surface area contributed by atoms with Crippen LogP contribution in [0.25, 0.3) is 5.57 Å². The minimum absolute atomic E-state index is 0.553. The third kappa shape index (κ3) is 3.51. The summed E-state index contributed by atoms with van der Waals surface area (Å²) in [6, 6.07) is 11.3. The van der Waals surface area contributed by atoms with Crippen molar-refractivity contribution in [2.45, 2.75) is 6.92 Å². The molecule has 122 valence electrons. The van der Waals surface area contributed by atoms with Gasteiger partial charge >= 0.3 is 0 Å². The van der Waals surface area contributed by atoms with Gasteiger partial charge in [0.15, 0.2) is 11.5 Å². The van der Waals surface area contributed by atoms with Crippen LogP contribution in [0.4, 0.5) is 5.69 Å².